The maximum Gasteiger partial charge on any atom is 0.338 e. The topological polar surface area (TPSA) is 35.5 Å². The summed E-state index contributed by atoms with van der Waals surface area (Å²) in [5.41, 5.74) is 1.68. The van der Waals surface area contributed by atoms with Crippen molar-refractivity contribution >= 4 is 5.97 Å². The Morgan fingerprint density at radius 2 is 1.90 bits per heavy atom. The van der Waals surface area contributed by atoms with Gasteiger partial charge in [-0.05, 0) is 11.6 Å². The summed E-state index contributed by atoms with van der Waals surface area (Å²) < 4.78 is 11.0. The highest BCUT2D eigenvalue weighted by molar-refractivity contribution is 5.91. The van der Waals surface area contributed by atoms with Crippen LogP contribution in [0.15, 0.2) is 66.0 Å². The minimum absolute atomic E-state index is 0.0126. The molecule has 0 saturated carbocycles. The van der Waals surface area contributed by atoms with Crippen LogP contribution in [0.3, 0.4) is 0 Å². The van der Waals surface area contributed by atoms with Gasteiger partial charge in [-0.1, -0.05) is 48.6 Å². The minimum atomic E-state index is -0.285. The molecule has 3 rings (SSSR count). The highest BCUT2D eigenvalue weighted by atomic mass is 16.6. The SMILES string of the molecule is COC1=C(Cc2ccccc2)C(=O)O[C@H]2C=CC=C[C@@H]12. The summed E-state index contributed by atoms with van der Waals surface area (Å²) >= 11 is 0. The number of rotatable bonds is 3. The second-order valence-corrected chi connectivity index (χ2v) is 4.87. The van der Waals surface area contributed by atoms with E-state index in [1.54, 1.807) is 7.11 Å². The largest absolute Gasteiger partial charge is 0.500 e. The molecule has 2 atom stereocenters. The maximum atomic E-state index is 12.2. The second-order valence-electron chi connectivity index (χ2n) is 4.87. The number of hydrogen-bond acceptors (Lipinski definition) is 3. The van der Waals surface area contributed by atoms with Gasteiger partial charge < -0.3 is 9.47 Å². The Bertz CT molecular complexity index is 596. The van der Waals surface area contributed by atoms with Gasteiger partial charge in [0.2, 0.25) is 0 Å². The molecule has 0 bridgehead atoms. The summed E-state index contributed by atoms with van der Waals surface area (Å²) in [6.07, 6.45) is 8.04. The van der Waals surface area contributed by atoms with Crippen molar-refractivity contribution in [3.05, 3.63) is 71.5 Å². The number of esters is 1. The van der Waals surface area contributed by atoms with E-state index in [-0.39, 0.29) is 18.0 Å². The molecule has 0 amide bonds. The van der Waals surface area contributed by atoms with Gasteiger partial charge in [-0.15, -0.1) is 0 Å². The Balaban J connectivity index is 1.97. The van der Waals surface area contributed by atoms with Crippen LogP contribution >= 0.6 is 0 Å². The fourth-order valence-electron chi connectivity index (χ4n) is 2.65. The van der Waals surface area contributed by atoms with Crippen LogP contribution in [0.2, 0.25) is 0 Å². The van der Waals surface area contributed by atoms with Crippen molar-refractivity contribution in [2.24, 2.45) is 5.92 Å². The summed E-state index contributed by atoms with van der Waals surface area (Å²) in [7, 11) is 1.61. The Labute approximate surface area is 118 Å². The molecule has 1 aliphatic heterocycles. The molecule has 1 aromatic carbocycles. The van der Waals surface area contributed by atoms with Crippen LogP contribution in [-0.2, 0) is 20.7 Å². The number of fused-ring (bicyclic) bond motifs is 1. The van der Waals surface area contributed by atoms with E-state index in [9.17, 15) is 4.79 Å². The first-order valence-corrected chi connectivity index (χ1v) is 6.66. The number of methoxy groups -OCH3 is 1. The van der Waals surface area contributed by atoms with Crippen molar-refractivity contribution in [2.75, 3.05) is 7.11 Å². The summed E-state index contributed by atoms with van der Waals surface area (Å²) in [6, 6.07) is 9.87. The zero-order chi connectivity index (χ0) is 13.9. The zero-order valence-electron chi connectivity index (χ0n) is 11.3. The molecule has 1 heterocycles. The van der Waals surface area contributed by atoms with Crippen LogP contribution in [0.5, 0.6) is 0 Å². The van der Waals surface area contributed by atoms with Gasteiger partial charge in [0, 0.05) is 6.42 Å². The summed E-state index contributed by atoms with van der Waals surface area (Å²) in [5, 5.41) is 0. The molecule has 1 aliphatic carbocycles. The lowest BCUT2D eigenvalue weighted by atomic mass is 9.88. The first-order chi connectivity index (χ1) is 9.79. The molecule has 3 heteroatoms. The molecular formula is C17H16O3. The van der Waals surface area contributed by atoms with E-state index < -0.39 is 0 Å². The molecule has 2 aliphatic rings. The average molecular weight is 268 g/mol. The molecule has 20 heavy (non-hydrogen) atoms. The van der Waals surface area contributed by atoms with Crippen molar-refractivity contribution in [1.29, 1.82) is 0 Å². The number of allylic oxidation sites excluding steroid dienone is 2. The standard InChI is InChI=1S/C17H16O3/c1-19-16-13-9-5-6-10-15(13)20-17(18)14(16)11-12-7-3-2-4-8-12/h2-10,13,15H,11H2,1H3/t13-,15+/m1/s1. The first-order valence-electron chi connectivity index (χ1n) is 6.66. The molecule has 0 radical (unpaired) electrons. The molecule has 0 saturated heterocycles. The molecule has 0 N–H and O–H groups in total. The molecule has 1 aromatic rings. The Kier molecular flexibility index (Phi) is 3.42. The highest BCUT2D eigenvalue weighted by Crippen LogP contribution is 2.33. The zero-order valence-corrected chi connectivity index (χ0v) is 11.3. The van der Waals surface area contributed by atoms with Crippen molar-refractivity contribution in [1.82, 2.24) is 0 Å². The Morgan fingerprint density at radius 3 is 2.65 bits per heavy atom. The van der Waals surface area contributed by atoms with Gasteiger partial charge in [-0.25, -0.2) is 4.79 Å². The smallest absolute Gasteiger partial charge is 0.338 e. The predicted octanol–water partition coefficient (Wildman–Crippen LogP) is 2.80. The van der Waals surface area contributed by atoms with Gasteiger partial charge in [0.25, 0.3) is 0 Å². The van der Waals surface area contributed by atoms with E-state index in [1.807, 2.05) is 54.6 Å². The predicted molar refractivity (Wildman–Crippen MR) is 75.8 cm³/mol. The van der Waals surface area contributed by atoms with Crippen molar-refractivity contribution < 1.29 is 14.3 Å². The number of ether oxygens (including phenoxy) is 2. The third-order valence-electron chi connectivity index (χ3n) is 3.62. The quantitative estimate of drug-likeness (QED) is 0.791. The van der Waals surface area contributed by atoms with E-state index in [0.717, 1.165) is 11.3 Å². The molecule has 0 fully saturated rings. The summed E-state index contributed by atoms with van der Waals surface area (Å²) in [5.74, 6) is 0.420. The number of carbonyl (C=O) groups is 1. The fraction of sp³-hybridized carbons (Fsp3) is 0.235. The van der Waals surface area contributed by atoms with E-state index in [0.29, 0.717) is 12.0 Å². The molecule has 0 spiro atoms. The summed E-state index contributed by atoms with van der Waals surface area (Å²) in [6.45, 7) is 0. The van der Waals surface area contributed by atoms with Gasteiger partial charge in [0.15, 0.2) is 0 Å². The van der Waals surface area contributed by atoms with E-state index in [2.05, 4.69) is 0 Å². The third kappa shape index (κ3) is 2.27. The number of carbonyl (C=O) groups excluding carboxylic acids is 1. The van der Waals surface area contributed by atoms with Crippen molar-refractivity contribution in [3.63, 3.8) is 0 Å². The number of benzene rings is 1. The van der Waals surface area contributed by atoms with Gasteiger partial charge in [-0.2, -0.15) is 0 Å². The normalized spacial score (nSPS) is 24.4. The van der Waals surface area contributed by atoms with Gasteiger partial charge >= 0.3 is 5.97 Å². The van der Waals surface area contributed by atoms with Gasteiger partial charge in [-0.3, -0.25) is 0 Å². The Morgan fingerprint density at radius 1 is 1.15 bits per heavy atom. The van der Waals surface area contributed by atoms with E-state index in [1.165, 1.54) is 0 Å². The third-order valence-corrected chi connectivity index (χ3v) is 3.62. The van der Waals surface area contributed by atoms with Crippen molar-refractivity contribution in [3.8, 4) is 0 Å². The average Bonchev–Trinajstić information content (AvgIpc) is 2.49. The van der Waals surface area contributed by atoms with E-state index in [4.69, 9.17) is 9.47 Å². The molecule has 0 unspecified atom stereocenters. The van der Waals surface area contributed by atoms with Crippen LogP contribution in [0, 0.1) is 5.92 Å². The minimum Gasteiger partial charge on any atom is -0.500 e. The highest BCUT2D eigenvalue weighted by Gasteiger charge is 2.36. The lowest BCUT2D eigenvalue weighted by Crippen LogP contribution is -2.35. The Hall–Kier alpha value is -2.29. The van der Waals surface area contributed by atoms with Crippen LogP contribution in [0.25, 0.3) is 0 Å². The van der Waals surface area contributed by atoms with Gasteiger partial charge in [0.05, 0.1) is 18.6 Å². The molecule has 0 aromatic heterocycles. The lowest BCUT2D eigenvalue weighted by Gasteiger charge is -2.32. The molecule has 102 valence electrons. The summed E-state index contributed by atoms with van der Waals surface area (Å²) in [4.78, 5) is 12.2. The number of hydrogen-bond donors (Lipinski definition) is 0. The van der Waals surface area contributed by atoms with Crippen LogP contribution in [-0.4, -0.2) is 19.2 Å². The lowest BCUT2D eigenvalue weighted by molar-refractivity contribution is -0.146. The van der Waals surface area contributed by atoms with Crippen LogP contribution in [0.4, 0.5) is 0 Å². The van der Waals surface area contributed by atoms with Crippen molar-refractivity contribution in [2.45, 2.75) is 12.5 Å². The molecule has 3 nitrogen and oxygen atoms in total. The first kappa shape index (κ1) is 12.7. The van der Waals surface area contributed by atoms with Crippen LogP contribution in [0.1, 0.15) is 5.56 Å². The van der Waals surface area contributed by atoms with Gasteiger partial charge in [0.1, 0.15) is 11.9 Å². The molecular weight excluding hydrogens is 252 g/mol. The monoisotopic (exact) mass is 268 g/mol. The second kappa shape index (κ2) is 5.37. The fourth-order valence-corrected chi connectivity index (χ4v) is 2.65. The van der Waals surface area contributed by atoms with E-state index >= 15 is 0 Å². The maximum absolute atomic E-state index is 12.2. The van der Waals surface area contributed by atoms with Crippen LogP contribution < -0.4 is 0 Å².